The maximum absolute atomic E-state index is 13.9. The highest BCUT2D eigenvalue weighted by Gasteiger charge is 2.43. The molecule has 0 spiro atoms. The Hall–Kier alpha value is -2.78. The summed E-state index contributed by atoms with van der Waals surface area (Å²) in [7, 11) is 0. The second kappa shape index (κ2) is 11.8. The zero-order valence-electron chi connectivity index (χ0n) is 25.7. The highest BCUT2D eigenvalue weighted by atomic mass is 16.6. The Balaban J connectivity index is 1.39. The van der Waals surface area contributed by atoms with E-state index in [1.807, 2.05) is 48.5 Å². The molecule has 2 aromatic rings. The van der Waals surface area contributed by atoms with Crippen LogP contribution in [0.25, 0.3) is 0 Å². The van der Waals surface area contributed by atoms with Crippen molar-refractivity contribution >= 4 is 23.2 Å². The molecule has 0 radical (unpaired) electrons. The fourth-order valence-corrected chi connectivity index (χ4v) is 6.64. The molecular weight excluding hydrogens is 516 g/mol. The van der Waals surface area contributed by atoms with Crippen molar-refractivity contribution in [1.82, 2.24) is 0 Å². The smallest absolute Gasteiger partial charge is 0.283 e. The van der Waals surface area contributed by atoms with Crippen LogP contribution in [0, 0.1) is 10.4 Å². The number of likely N-dealkylation sites (tertiary alicyclic amines) is 2. The van der Waals surface area contributed by atoms with Gasteiger partial charge < -0.3 is 30.3 Å². The van der Waals surface area contributed by atoms with Crippen LogP contribution in [0.1, 0.15) is 84.8 Å². The van der Waals surface area contributed by atoms with Gasteiger partial charge in [0.2, 0.25) is 0 Å². The molecule has 2 fully saturated rings. The number of carbonyl (C=O) groups excluding carboxylic acids is 2. The third-order valence-electron chi connectivity index (χ3n) is 8.83. The van der Waals surface area contributed by atoms with Crippen LogP contribution in [0.3, 0.4) is 0 Å². The standard InChI is InChI=1S/C33H48N4O4/c1-32(2,3)24-14-7-9-16-26(24)34-30(38)28-18-11-20-36(28,40)22-13-23-37(41)21-12-19-29(37)31(39)35-27-17-10-8-15-25(27)33(4,5)6/h7-10,14-17,28-29H,11-13,18-23H2,1-6H3,(H,34,38)(H,35,39)/t28-,29-,36?,37?/m0/s1. The summed E-state index contributed by atoms with van der Waals surface area (Å²) in [5, 5.41) is 33.9. The van der Waals surface area contributed by atoms with Crippen LogP contribution in [-0.4, -0.2) is 59.4 Å². The summed E-state index contributed by atoms with van der Waals surface area (Å²) in [4.78, 5) is 26.7. The predicted octanol–water partition coefficient (Wildman–Crippen LogP) is 6.20. The van der Waals surface area contributed by atoms with Gasteiger partial charge in [0.1, 0.15) is 0 Å². The van der Waals surface area contributed by atoms with Gasteiger partial charge in [-0.3, -0.25) is 9.59 Å². The van der Waals surface area contributed by atoms with E-state index in [4.69, 9.17) is 0 Å². The number of hydrogen-bond donors (Lipinski definition) is 2. The lowest BCUT2D eigenvalue weighted by atomic mass is 9.86. The highest BCUT2D eigenvalue weighted by Crippen LogP contribution is 2.34. The fraction of sp³-hybridized carbons (Fsp3) is 0.576. The average molecular weight is 565 g/mol. The molecule has 8 heteroatoms. The summed E-state index contributed by atoms with van der Waals surface area (Å²) >= 11 is 0. The van der Waals surface area contributed by atoms with Crippen LogP contribution < -0.4 is 10.6 Å². The van der Waals surface area contributed by atoms with Crippen molar-refractivity contribution in [2.75, 3.05) is 36.8 Å². The van der Waals surface area contributed by atoms with Gasteiger partial charge in [0, 0.05) is 43.5 Å². The third kappa shape index (κ3) is 7.00. The SMILES string of the molecule is CC(C)(C)c1ccccc1NC(=O)[C@@H]1CCC[N+]1([O-])CCC[N+]1([O-])CCC[C@H]1C(=O)Nc1ccccc1C(C)(C)C. The lowest BCUT2D eigenvalue weighted by molar-refractivity contribution is -0.902. The molecular formula is C33H48N4O4. The summed E-state index contributed by atoms with van der Waals surface area (Å²) in [6.45, 7) is 13.7. The molecule has 0 bridgehead atoms. The average Bonchev–Trinajstić information content (AvgIpc) is 3.46. The lowest BCUT2D eigenvalue weighted by Crippen LogP contribution is -2.55. The number of rotatable bonds is 8. The third-order valence-corrected chi connectivity index (χ3v) is 8.83. The molecule has 2 amide bonds. The van der Waals surface area contributed by atoms with E-state index in [9.17, 15) is 20.0 Å². The second-order valence-electron chi connectivity index (χ2n) is 14.0. The topological polar surface area (TPSA) is 104 Å². The van der Waals surface area contributed by atoms with Gasteiger partial charge in [-0.05, 0) is 34.1 Å². The first-order valence-corrected chi connectivity index (χ1v) is 15.1. The minimum atomic E-state index is -0.699. The van der Waals surface area contributed by atoms with Gasteiger partial charge in [-0.2, -0.15) is 0 Å². The molecule has 0 aromatic heterocycles. The van der Waals surface area contributed by atoms with Gasteiger partial charge in [-0.15, -0.1) is 0 Å². The van der Waals surface area contributed by atoms with Crippen LogP contribution in [0.5, 0.6) is 0 Å². The highest BCUT2D eigenvalue weighted by molar-refractivity contribution is 5.95. The molecule has 224 valence electrons. The normalized spacial score (nSPS) is 26.6. The number of nitrogens with one attached hydrogen (secondary N) is 2. The Morgan fingerprint density at radius 3 is 1.44 bits per heavy atom. The number of quaternary nitrogens is 2. The summed E-state index contributed by atoms with van der Waals surface area (Å²) in [6, 6.07) is 14.1. The molecule has 0 aliphatic carbocycles. The number of amides is 2. The maximum atomic E-state index is 13.9. The van der Waals surface area contributed by atoms with Crippen molar-refractivity contribution < 1.29 is 18.9 Å². The fourth-order valence-electron chi connectivity index (χ4n) is 6.64. The second-order valence-corrected chi connectivity index (χ2v) is 14.0. The molecule has 4 atom stereocenters. The number of nitrogens with zero attached hydrogens (tertiary/aromatic N) is 2. The Labute approximate surface area is 245 Å². The summed E-state index contributed by atoms with van der Waals surface area (Å²) in [5.74, 6) is -0.507. The number of benzene rings is 2. The van der Waals surface area contributed by atoms with Crippen LogP contribution in [0.4, 0.5) is 11.4 Å². The molecule has 2 aliphatic rings. The van der Waals surface area contributed by atoms with Gasteiger partial charge in [0.25, 0.3) is 11.8 Å². The van der Waals surface area contributed by atoms with E-state index in [-0.39, 0.29) is 35.7 Å². The van der Waals surface area contributed by atoms with Crippen LogP contribution in [-0.2, 0) is 20.4 Å². The van der Waals surface area contributed by atoms with Crippen molar-refractivity contribution in [3.63, 3.8) is 0 Å². The van der Waals surface area contributed by atoms with Crippen molar-refractivity contribution in [3.05, 3.63) is 70.1 Å². The van der Waals surface area contributed by atoms with E-state index in [1.54, 1.807) is 0 Å². The molecule has 2 unspecified atom stereocenters. The summed E-state index contributed by atoms with van der Waals surface area (Å²) < 4.78 is -1.22. The van der Waals surface area contributed by atoms with E-state index in [0.717, 1.165) is 22.5 Å². The van der Waals surface area contributed by atoms with Crippen LogP contribution in [0.15, 0.2) is 48.5 Å². The number of hydroxylamine groups is 6. The summed E-state index contributed by atoms with van der Waals surface area (Å²) in [6.07, 6.45) is 2.79. The van der Waals surface area contributed by atoms with Crippen molar-refractivity contribution in [3.8, 4) is 0 Å². The molecule has 0 saturated carbocycles. The van der Waals surface area contributed by atoms with Crippen molar-refractivity contribution in [1.29, 1.82) is 0 Å². The zero-order chi connectivity index (χ0) is 30.1. The van der Waals surface area contributed by atoms with Crippen LogP contribution in [0.2, 0.25) is 0 Å². The number of para-hydroxylation sites is 2. The van der Waals surface area contributed by atoms with E-state index in [2.05, 4.69) is 52.2 Å². The van der Waals surface area contributed by atoms with Gasteiger partial charge in [0.05, 0.1) is 26.2 Å². The molecule has 4 rings (SSSR count). The molecule has 2 aromatic carbocycles. The van der Waals surface area contributed by atoms with Gasteiger partial charge >= 0.3 is 0 Å². The predicted molar refractivity (Wildman–Crippen MR) is 165 cm³/mol. The Kier molecular flexibility index (Phi) is 9.00. The first-order chi connectivity index (χ1) is 19.1. The monoisotopic (exact) mass is 564 g/mol. The van der Waals surface area contributed by atoms with E-state index in [1.165, 1.54) is 0 Å². The minimum absolute atomic E-state index is 0.151. The first-order valence-electron chi connectivity index (χ1n) is 15.1. The van der Waals surface area contributed by atoms with E-state index >= 15 is 0 Å². The van der Waals surface area contributed by atoms with Crippen molar-refractivity contribution in [2.45, 2.75) is 96.6 Å². The molecule has 2 aliphatic heterocycles. The number of carbonyl (C=O) groups is 2. The van der Waals surface area contributed by atoms with Gasteiger partial charge in [0.15, 0.2) is 12.1 Å². The maximum Gasteiger partial charge on any atom is 0.283 e. The van der Waals surface area contributed by atoms with Crippen LogP contribution >= 0.6 is 0 Å². The minimum Gasteiger partial charge on any atom is -0.632 e. The lowest BCUT2D eigenvalue weighted by Gasteiger charge is -2.46. The van der Waals surface area contributed by atoms with E-state index < -0.39 is 21.4 Å². The van der Waals surface area contributed by atoms with E-state index in [0.29, 0.717) is 45.2 Å². The Bertz CT molecular complexity index is 1150. The Morgan fingerprint density at radius 2 is 1.07 bits per heavy atom. The Morgan fingerprint density at radius 1 is 0.707 bits per heavy atom. The van der Waals surface area contributed by atoms with Gasteiger partial charge in [-0.1, -0.05) is 77.9 Å². The molecule has 8 nitrogen and oxygen atoms in total. The molecule has 2 saturated heterocycles. The quantitative estimate of drug-likeness (QED) is 0.294. The zero-order valence-corrected chi connectivity index (χ0v) is 25.7. The first kappa shape index (κ1) is 31.2. The molecule has 41 heavy (non-hydrogen) atoms. The summed E-state index contributed by atoms with van der Waals surface area (Å²) in [5.41, 5.74) is 3.23. The van der Waals surface area contributed by atoms with Crippen molar-refractivity contribution in [2.24, 2.45) is 0 Å². The largest absolute Gasteiger partial charge is 0.632 e. The number of hydrogen-bond acceptors (Lipinski definition) is 4. The molecule has 2 heterocycles. The molecule has 2 N–H and O–H groups in total. The number of anilines is 2. The van der Waals surface area contributed by atoms with Gasteiger partial charge in [-0.25, -0.2) is 0 Å².